The Hall–Kier alpha value is -2.84. The van der Waals surface area contributed by atoms with Crippen molar-refractivity contribution in [3.63, 3.8) is 0 Å². The highest BCUT2D eigenvalue weighted by Crippen LogP contribution is 2.28. The Labute approximate surface area is 187 Å². The van der Waals surface area contributed by atoms with Crippen molar-refractivity contribution < 1.29 is 14.3 Å². The lowest BCUT2D eigenvalue weighted by Crippen LogP contribution is -2.52. The molecule has 1 aliphatic rings. The van der Waals surface area contributed by atoms with Crippen LogP contribution < -0.4 is 20.7 Å². The summed E-state index contributed by atoms with van der Waals surface area (Å²) in [6.07, 6.45) is 2.73. The van der Waals surface area contributed by atoms with Crippen molar-refractivity contribution >= 4 is 29.2 Å². The highest BCUT2D eigenvalue weighted by molar-refractivity contribution is 6.30. The van der Waals surface area contributed by atoms with Gasteiger partial charge in [-0.3, -0.25) is 9.78 Å². The second-order valence-corrected chi connectivity index (χ2v) is 7.86. The summed E-state index contributed by atoms with van der Waals surface area (Å²) in [5.74, 6) is 0.623. The Kier molecular flexibility index (Phi) is 8.08. The number of anilines is 1. The van der Waals surface area contributed by atoms with Crippen LogP contribution in [0.5, 0.6) is 5.75 Å². The van der Waals surface area contributed by atoms with Crippen LogP contribution in [0.3, 0.4) is 0 Å². The van der Waals surface area contributed by atoms with E-state index in [2.05, 4.69) is 20.9 Å². The van der Waals surface area contributed by atoms with Gasteiger partial charge in [-0.25, -0.2) is 4.79 Å². The molecule has 1 fully saturated rings. The van der Waals surface area contributed by atoms with Crippen molar-refractivity contribution in [3.8, 4) is 5.75 Å². The Morgan fingerprint density at radius 3 is 2.65 bits per heavy atom. The van der Waals surface area contributed by atoms with Crippen LogP contribution in [0.15, 0.2) is 42.6 Å². The molecule has 1 aromatic heterocycles. The molecule has 8 nitrogen and oxygen atoms in total. The number of piperidine rings is 1. The number of pyridine rings is 1. The molecule has 2 atom stereocenters. The molecule has 3 rings (SSSR count). The van der Waals surface area contributed by atoms with Gasteiger partial charge in [-0.2, -0.15) is 0 Å². The molecule has 166 valence electrons. The van der Waals surface area contributed by atoms with Gasteiger partial charge < -0.3 is 25.6 Å². The van der Waals surface area contributed by atoms with Crippen LogP contribution in [0.25, 0.3) is 0 Å². The number of likely N-dealkylation sites (tertiary alicyclic amines) is 1. The number of ether oxygens (including phenoxy) is 1. The predicted molar refractivity (Wildman–Crippen MR) is 121 cm³/mol. The van der Waals surface area contributed by atoms with E-state index in [1.54, 1.807) is 37.6 Å². The maximum Gasteiger partial charge on any atom is 0.319 e. The van der Waals surface area contributed by atoms with Crippen LogP contribution in [-0.4, -0.2) is 61.7 Å². The molecule has 3 amide bonds. The van der Waals surface area contributed by atoms with E-state index < -0.39 is 0 Å². The van der Waals surface area contributed by atoms with E-state index in [9.17, 15) is 9.59 Å². The largest absolute Gasteiger partial charge is 0.495 e. The average Bonchev–Trinajstić information content (AvgIpc) is 2.79. The summed E-state index contributed by atoms with van der Waals surface area (Å²) in [6, 6.07) is 10.2. The molecule has 1 aliphatic heterocycles. The van der Waals surface area contributed by atoms with Gasteiger partial charge in [0.25, 0.3) is 0 Å². The third-order valence-corrected chi connectivity index (χ3v) is 5.60. The number of nitrogens with zero attached hydrogens (tertiary/aromatic N) is 2. The van der Waals surface area contributed by atoms with Crippen LogP contribution >= 0.6 is 11.6 Å². The molecular weight excluding hydrogens is 418 g/mol. The minimum absolute atomic E-state index is 0.0944. The van der Waals surface area contributed by atoms with Crippen molar-refractivity contribution in [1.82, 2.24) is 20.5 Å². The summed E-state index contributed by atoms with van der Waals surface area (Å²) in [4.78, 5) is 31.6. The summed E-state index contributed by atoms with van der Waals surface area (Å²) in [5, 5.41) is 9.50. The highest BCUT2D eigenvalue weighted by atomic mass is 35.5. The van der Waals surface area contributed by atoms with Crippen molar-refractivity contribution in [1.29, 1.82) is 0 Å². The first kappa shape index (κ1) is 22.8. The Morgan fingerprint density at radius 1 is 1.23 bits per heavy atom. The number of nitrogens with one attached hydrogen (secondary N) is 3. The lowest BCUT2D eigenvalue weighted by Gasteiger charge is -2.38. The van der Waals surface area contributed by atoms with E-state index in [0.29, 0.717) is 48.9 Å². The monoisotopic (exact) mass is 445 g/mol. The first-order valence-corrected chi connectivity index (χ1v) is 10.6. The zero-order chi connectivity index (χ0) is 22.2. The standard InChI is InChI=1S/C22H28ClN5O3/c1-24-11-9-21(29)28-12-10-20(18(14-28)19-8-7-17(31-2)13-25-19)27-22(30)26-16-5-3-15(23)4-6-16/h3-8,13,18,20,24H,9-12,14H2,1-2H3,(H2,26,27,30)/t18-,20+/m0/s1. The second-order valence-electron chi connectivity index (χ2n) is 7.42. The van der Waals surface area contributed by atoms with Gasteiger partial charge in [0.05, 0.1) is 13.3 Å². The summed E-state index contributed by atoms with van der Waals surface area (Å²) < 4.78 is 5.20. The van der Waals surface area contributed by atoms with Crippen LogP contribution in [0.1, 0.15) is 24.5 Å². The fraction of sp³-hybridized carbons (Fsp3) is 0.409. The number of rotatable bonds is 7. The number of benzene rings is 1. The molecular formula is C22H28ClN5O3. The van der Waals surface area contributed by atoms with Crippen molar-refractivity contribution in [2.75, 3.05) is 39.1 Å². The van der Waals surface area contributed by atoms with E-state index in [0.717, 1.165) is 5.69 Å². The number of urea groups is 1. The number of aromatic nitrogens is 1. The van der Waals surface area contributed by atoms with E-state index >= 15 is 0 Å². The zero-order valence-electron chi connectivity index (χ0n) is 17.7. The van der Waals surface area contributed by atoms with Gasteiger partial charge >= 0.3 is 6.03 Å². The van der Waals surface area contributed by atoms with E-state index in [1.807, 2.05) is 24.1 Å². The SMILES string of the molecule is CNCCC(=O)N1CC[C@@H](NC(=O)Nc2ccc(Cl)cc2)[C@H](c2ccc(OC)cn2)C1. The topological polar surface area (TPSA) is 95.6 Å². The number of hydrogen-bond acceptors (Lipinski definition) is 5. The quantitative estimate of drug-likeness (QED) is 0.609. The molecule has 0 saturated carbocycles. The van der Waals surface area contributed by atoms with Gasteiger partial charge in [0.1, 0.15) is 5.75 Å². The van der Waals surface area contributed by atoms with Crippen molar-refractivity contribution in [2.24, 2.45) is 0 Å². The molecule has 1 aromatic carbocycles. The summed E-state index contributed by atoms with van der Waals surface area (Å²) >= 11 is 5.90. The number of carbonyl (C=O) groups excluding carboxylic acids is 2. The Balaban J connectivity index is 1.72. The number of halogens is 1. The third kappa shape index (κ3) is 6.32. The normalized spacial score (nSPS) is 18.4. The molecule has 2 heterocycles. The highest BCUT2D eigenvalue weighted by Gasteiger charge is 2.34. The van der Waals surface area contributed by atoms with Crippen LogP contribution in [-0.2, 0) is 4.79 Å². The van der Waals surface area contributed by atoms with Crippen molar-refractivity contribution in [3.05, 3.63) is 53.3 Å². The van der Waals surface area contributed by atoms with Crippen LogP contribution in [0, 0.1) is 0 Å². The van der Waals surface area contributed by atoms with Crippen LogP contribution in [0.4, 0.5) is 10.5 Å². The van der Waals surface area contributed by atoms with E-state index in [4.69, 9.17) is 16.3 Å². The number of carbonyl (C=O) groups is 2. The van der Waals surface area contributed by atoms with E-state index in [1.165, 1.54) is 0 Å². The molecule has 1 saturated heterocycles. The second kappa shape index (κ2) is 11.0. The molecule has 0 spiro atoms. The number of amides is 3. The minimum atomic E-state index is -0.305. The summed E-state index contributed by atoms with van der Waals surface area (Å²) in [6.45, 7) is 1.71. The Morgan fingerprint density at radius 2 is 2.00 bits per heavy atom. The molecule has 2 aromatic rings. The molecule has 0 unspecified atom stereocenters. The molecule has 31 heavy (non-hydrogen) atoms. The molecule has 0 bridgehead atoms. The maximum absolute atomic E-state index is 12.6. The van der Waals surface area contributed by atoms with Crippen molar-refractivity contribution in [2.45, 2.75) is 24.8 Å². The summed E-state index contributed by atoms with van der Waals surface area (Å²) in [7, 11) is 3.41. The van der Waals surface area contributed by atoms with Gasteiger partial charge in [-0.15, -0.1) is 0 Å². The van der Waals surface area contributed by atoms with Gasteiger partial charge in [0.2, 0.25) is 5.91 Å². The predicted octanol–water partition coefficient (Wildman–Crippen LogP) is 2.86. The molecule has 0 aliphatic carbocycles. The van der Waals surface area contributed by atoms with Crippen LogP contribution in [0.2, 0.25) is 5.02 Å². The molecule has 3 N–H and O–H groups in total. The Bertz CT molecular complexity index is 876. The van der Waals surface area contributed by atoms with Gasteiger partial charge in [0, 0.05) is 54.4 Å². The molecule has 0 radical (unpaired) electrons. The average molecular weight is 446 g/mol. The number of methoxy groups -OCH3 is 1. The van der Waals surface area contributed by atoms with Gasteiger partial charge in [0.15, 0.2) is 0 Å². The minimum Gasteiger partial charge on any atom is -0.495 e. The number of hydrogen-bond donors (Lipinski definition) is 3. The van der Waals surface area contributed by atoms with E-state index in [-0.39, 0.29) is 23.9 Å². The fourth-order valence-corrected chi connectivity index (χ4v) is 3.77. The zero-order valence-corrected chi connectivity index (χ0v) is 18.5. The lowest BCUT2D eigenvalue weighted by atomic mass is 9.88. The first-order chi connectivity index (χ1) is 15.0. The lowest BCUT2D eigenvalue weighted by molar-refractivity contribution is -0.132. The fourth-order valence-electron chi connectivity index (χ4n) is 3.64. The van der Waals surface area contributed by atoms with Gasteiger partial charge in [-0.05, 0) is 49.9 Å². The summed E-state index contributed by atoms with van der Waals surface area (Å²) in [5.41, 5.74) is 1.46. The van der Waals surface area contributed by atoms with Gasteiger partial charge in [-0.1, -0.05) is 11.6 Å². The third-order valence-electron chi connectivity index (χ3n) is 5.35. The smallest absolute Gasteiger partial charge is 0.319 e. The molecule has 9 heteroatoms. The maximum atomic E-state index is 12.6. The first-order valence-electron chi connectivity index (χ1n) is 10.3.